The summed E-state index contributed by atoms with van der Waals surface area (Å²) >= 11 is 1.27. The number of carbonyl (C=O) groups is 2. The first-order chi connectivity index (χ1) is 14.5. The van der Waals surface area contributed by atoms with E-state index in [0.29, 0.717) is 48.2 Å². The SMILES string of the molecule is Cc1nc(N2CCN(Cc3ccccc3)C2=O)sc1C(=O)CCc1ccc(F)cc1. The summed E-state index contributed by atoms with van der Waals surface area (Å²) < 4.78 is 13.0. The maximum atomic E-state index is 13.0. The van der Waals surface area contributed by atoms with Crippen LogP contribution in [0.15, 0.2) is 54.6 Å². The first kappa shape index (κ1) is 20.2. The largest absolute Gasteiger partial charge is 0.326 e. The molecule has 1 aromatic heterocycles. The highest BCUT2D eigenvalue weighted by molar-refractivity contribution is 7.17. The number of aryl methyl sites for hydroxylation is 2. The number of anilines is 1. The number of ketones is 1. The maximum Gasteiger partial charge on any atom is 0.326 e. The minimum absolute atomic E-state index is 0.00615. The summed E-state index contributed by atoms with van der Waals surface area (Å²) in [6.07, 6.45) is 0.863. The summed E-state index contributed by atoms with van der Waals surface area (Å²) in [6, 6.07) is 16.0. The summed E-state index contributed by atoms with van der Waals surface area (Å²) in [5.74, 6) is -0.294. The molecule has 5 nitrogen and oxygen atoms in total. The molecule has 0 aliphatic carbocycles. The van der Waals surface area contributed by atoms with Crippen LogP contribution in [0.4, 0.5) is 14.3 Å². The molecule has 0 atom stereocenters. The lowest BCUT2D eigenvalue weighted by atomic mass is 10.1. The predicted molar refractivity (Wildman–Crippen MR) is 115 cm³/mol. The molecule has 2 aromatic carbocycles. The Hall–Kier alpha value is -3.06. The fourth-order valence-electron chi connectivity index (χ4n) is 3.49. The van der Waals surface area contributed by atoms with Crippen molar-refractivity contribution in [1.29, 1.82) is 0 Å². The van der Waals surface area contributed by atoms with Crippen molar-refractivity contribution in [2.75, 3.05) is 18.0 Å². The van der Waals surface area contributed by atoms with E-state index in [2.05, 4.69) is 4.98 Å². The van der Waals surface area contributed by atoms with Gasteiger partial charge in [0.25, 0.3) is 0 Å². The average Bonchev–Trinajstić information content (AvgIpc) is 3.31. The zero-order chi connectivity index (χ0) is 21.1. The molecule has 1 fully saturated rings. The molecule has 1 saturated heterocycles. The molecule has 1 aliphatic heterocycles. The van der Waals surface area contributed by atoms with E-state index in [1.54, 1.807) is 28.9 Å². The van der Waals surface area contributed by atoms with Crippen molar-refractivity contribution in [3.63, 3.8) is 0 Å². The Morgan fingerprint density at radius 1 is 1.07 bits per heavy atom. The van der Waals surface area contributed by atoms with Crippen LogP contribution in [0.25, 0.3) is 0 Å². The Bertz CT molecular complexity index is 1050. The molecule has 7 heteroatoms. The Morgan fingerprint density at radius 2 is 1.80 bits per heavy atom. The number of nitrogens with zero attached hydrogens (tertiary/aromatic N) is 3. The smallest absolute Gasteiger partial charge is 0.318 e. The number of carbonyl (C=O) groups excluding carboxylic acids is 2. The number of halogens is 1. The summed E-state index contributed by atoms with van der Waals surface area (Å²) in [7, 11) is 0. The molecule has 0 saturated carbocycles. The number of amides is 2. The lowest BCUT2D eigenvalue weighted by molar-refractivity contribution is 0.0986. The topological polar surface area (TPSA) is 53.5 Å². The Kier molecular flexibility index (Phi) is 5.90. The van der Waals surface area contributed by atoms with Gasteiger partial charge in [0.05, 0.1) is 10.6 Å². The Labute approximate surface area is 178 Å². The van der Waals surface area contributed by atoms with E-state index in [9.17, 15) is 14.0 Å². The van der Waals surface area contributed by atoms with Gasteiger partial charge in [-0.25, -0.2) is 14.2 Å². The molecule has 0 radical (unpaired) electrons. The van der Waals surface area contributed by atoms with Crippen molar-refractivity contribution in [1.82, 2.24) is 9.88 Å². The first-order valence-electron chi connectivity index (χ1n) is 9.86. The van der Waals surface area contributed by atoms with Crippen molar-refractivity contribution in [3.8, 4) is 0 Å². The Balaban J connectivity index is 1.41. The van der Waals surface area contributed by atoms with Crippen LogP contribution in [0.5, 0.6) is 0 Å². The van der Waals surface area contributed by atoms with Crippen LogP contribution >= 0.6 is 11.3 Å². The number of thiazole rings is 1. The van der Waals surface area contributed by atoms with Gasteiger partial charge in [-0.3, -0.25) is 9.69 Å². The standard InChI is InChI=1S/C23H22FN3O2S/c1-16-21(20(28)12-9-17-7-10-19(24)11-8-17)30-22(25-16)27-14-13-26(23(27)29)15-18-5-3-2-4-6-18/h2-8,10-11H,9,12-15H2,1H3. The van der Waals surface area contributed by atoms with Crippen molar-refractivity contribution in [2.24, 2.45) is 0 Å². The highest BCUT2D eigenvalue weighted by Crippen LogP contribution is 2.30. The van der Waals surface area contributed by atoms with Gasteiger partial charge >= 0.3 is 6.03 Å². The molecule has 2 heterocycles. The van der Waals surface area contributed by atoms with Gasteiger partial charge in [0.1, 0.15) is 5.82 Å². The second kappa shape index (κ2) is 8.75. The lowest BCUT2D eigenvalue weighted by Gasteiger charge is -2.16. The van der Waals surface area contributed by atoms with Gasteiger partial charge in [0.15, 0.2) is 10.9 Å². The summed E-state index contributed by atoms with van der Waals surface area (Å²) in [6.45, 7) is 3.54. The van der Waals surface area contributed by atoms with Crippen molar-refractivity contribution < 1.29 is 14.0 Å². The molecule has 0 bridgehead atoms. The first-order valence-corrected chi connectivity index (χ1v) is 10.7. The monoisotopic (exact) mass is 423 g/mol. The average molecular weight is 424 g/mol. The molecule has 0 unspecified atom stereocenters. The number of aromatic nitrogens is 1. The van der Waals surface area contributed by atoms with Crippen LogP contribution in [0.3, 0.4) is 0 Å². The highest BCUT2D eigenvalue weighted by Gasteiger charge is 2.32. The summed E-state index contributed by atoms with van der Waals surface area (Å²) in [5.41, 5.74) is 2.64. The number of hydrogen-bond donors (Lipinski definition) is 0. The second-order valence-electron chi connectivity index (χ2n) is 7.30. The molecule has 4 rings (SSSR count). The van der Waals surface area contributed by atoms with Crippen LogP contribution in [0.1, 0.15) is 32.9 Å². The second-order valence-corrected chi connectivity index (χ2v) is 8.28. The molecule has 1 aliphatic rings. The van der Waals surface area contributed by atoms with Gasteiger partial charge in [0, 0.05) is 26.1 Å². The van der Waals surface area contributed by atoms with Crippen LogP contribution in [0.2, 0.25) is 0 Å². The molecular weight excluding hydrogens is 401 g/mol. The van der Waals surface area contributed by atoms with E-state index in [1.807, 2.05) is 30.3 Å². The van der Waals surface area contributed by atoms with E-state index >= 15 is 0 Å². The van der Waals surface area contributed by atoms with Gasteiger partial charge in [-0.05, 0) is 36.6 Å². The normalized spacial score (nSPS) is 13.9. The number of hydrogen-bond acceptors (Lipinski definition) is 4. The van der Waals surface area contributed by atoms with Crippen LogP contribution in [-0.2, 0) is 13.0 Å². The fourth-order valence-corrected chi connectivity index (χ4v) is 4.54. The third kappa shape index (κ3) is 4.41. The molecule has 0 spiro atoms. The third-order valence-electron chi connectivity index (χ3n) is 5.13. The summed E-state index contributed by atoms with van der Waals surface area (Å²) in [4.78, 5) is 34.1. The zero-order valence-corrected chi connectivity index (χ0v) is 17.5. The number of benzene rings is 2. The molecule has 2 amide bonds. The Morgan fingerprint density at radius 3 is 2.53 bits per heavy atom. The maximum absolute atomic E-state index is 13.0. The minimum atomic E-state index is -0.287. The molecular formula is C23H22FN3O2S. The quantitative estimate of drug-likeness (QED) is 0.511. The molecule has 3 aromatic rings. The number of Topliss-reactive ketones (excluding diaryl/α,β-unsaturated/α-hetero) is 1. The third-order valence-corrected chi connectivity index (χ3v) is 6.36. The number of urea groups is 1. The molecule has 30 heavy (non-hydrogen) atoms. The van der Waals surface area contributed by atoms with Crippen molar-refractivity contribution >= 4 is 28.3 Å². The van der Waals surface area contributed by atoms with Gasteiger partial charge in [-0.15, -0.1) is 0 Å². The van der Waals surface area contributed by atoms with Gasteiger partial charge in [-0.1, -0.05) is 53.8 Å². The van der Waals surface area contributed by atoms with Crippen LogP contribution in [-0.4, -0.2) is 34.8 Å². The van der Waals surface area contributed by atoms with E-state index in [4.69, 9.17) is 0 Å². The fraction of sp³-hybridized carbons (Fsp3) is 0.261. The van der Waals surface area contributed by atoms with E-state index in [0.717, 1.165) is 11.1 Å². The molecule has 154 valence electrons. The highest BCUT2D eigenvalue weighted by atomic mass is 32.1. The van der Waals surface area contributed by atoms with Crippen molar-refractivity contribution in [3.05, 3.63) is 82.1 Å². The van der Waals surface area contributed by atoms with Gasteiger partial charge < -0.3 is 4.90 Å². The predicted octanol–water partition coefficient (Wildman–Crippen LogP) is 4.85. The van der Waals surface area contributed by atoms with Crippen molar-refractivity contribution in [2.45, 2.75) is 26.3 Å². The van der Waals surface area contributed by atoms with Gasteiger partial charge in [-0.2, -0.15) is 0 Å². The van der Waals surface area contributed by atoms with E-state index in [-0.39, 0.29) is 17.6 Å². The van der Waals surface area contributed by atoms with E-state index < -0.39 is 0 Å². The zero-order valence-electron chi connectivity index (χ0n) is 16.7. The number of rotatable bonds is 7. The van der Waals surface area contributed by atoms with E-state index in [1.165, 1.54) is 23.5 Å². The van der Waals surface area contributed by atoms with Crippen LogP contribution in [0, 0.1) is 12.7 Å². The molecule has 0 N–H and O–H groups in total. The van der Waals surface area contributed by atoms with Gasteiger partial charge in [0.2, 0.25) is 0 Å². The van der Waals surface area contributed by atoms with Crippen LogP contribution < -0.4 is 4.90 Å². The minimum Gasteiger partial charge on any atom is -0.318 e. The summed E-state index contributed by atoms with van der Waals surface area (Å²) in [5, 5.41) is 0.568. The lowest BCUT2D eigenvalue weighted by Crippen LogP contribution is -2.31.